The van der Waals surface area contributed by atoms with Gasteiger partial charge in [0.25, 0.3) is 0 Å². The smallest absolute Gasteiger partial charge is 0.167 e. The molecule has 1 aromatic carbocycles. The van der Waals surface area contributed by atoms with E-state index in [1.807, 2.05) is 13.0 Å². The molecule has 0 radical (unpaired) electrons. The van der Waals surface area contributed by atoms with Crippen molar-refractivity contribution in [1.29, 1.82) is 0 Å². The van der Waals surface area contributed by atoms with Gasteiger partial charge in [-0.15, -0.1) is 11.8 Å². The Kier molecular flexibility index (Phi) is 6.67. The van der Waals surface area contributed by atoms with Crippen LogP contribution >= 0.6 is 51.8 Å². The number of thioether (sulfide) groups is 1. The predicted octanol–water partition coefficient (Wildman–Crippen LogP) is 6.54. The first-order valence-electron chi connectivity index (χ1n) is 9.05. The molecule has 0 aliphatic carbocycles. The van der Waals surface area contributed by atoms with E-state index in [2.05, 4.69) is 61.1 Å². The minimum absolute atomic E-state index is 0.468. The highest BCUT2D eigenvalue weighted by molar-refractivity contribution is 14.2. The monoisotopic (exact) mass is 546 g/mol. The van der Waals surface area contributed by atoms with Gasteiger partial charge in [-0.1, -0.05) is 17.7 Å². The molecular weight excluding hydrogens is 526 g/mol. The first kappa shape index (κ1) is 20.7. The molecule has 1 N–H and O–H groups in total. The summed E-state index contributed by atoms with van der Waals surface area (Å²) < 4.78 is 7.60. The van der Waals surface area contributed by atoms with Gasteiger partial charge in [-0.3, -0.25) is 4.34 Å². The van der Waals surface area contributed by atoms with Crippen molar-refractivity contribution in [1.82, 2.24) is 14.3 Å². The lowest BCUT2D eigenvalue weighted by molar-refractivity contribution is 0.0853. The van der Waals surface area contributed by atoms with Gasteiger partial charge in [0.2, 0.25) is 0 Å². The summed E-state index contributed by atoms with van der Waals surface area (Å²) in [5, 5.41) is 4.02. The Labute approximate surface area is 188 Å². The van der Waals surface area contributed by atoms with Crippen LogP contribution in [0.5, 0.6) is 0 Å². The zero-order chi connectivity index (χ0) is 19.7. The summed E-state index contributed by atoms with van der Waals surface area (Å²) in [6, 6.07) is 8.56. The summed E-state index contributed by atoms with van der Waals surface area (Å²) in [6.45, 7) is 3.71. The highest BCUT2D eigenvalue weighted by Crippen LogP contribution is 2.38. The summed E-state index contributed by atoms with van der Waals surface area (Å²) in [7, 11) is 0. The number of hydrogen-bond acceptors (Lipinski definition) is 5. The van der Waals surface area contributed by atoms with Gasteiger partial charge in [-0.25, -0.2) is 9.97 Å². The number of aromatic nitrogens is 3. The number of hydrogen-bond donors (Lipinski definition) is 1. The molecule has 1 atom stereocenters. The van der Waals surface area contributed by atoms with Crippen molar-refractivity contribution in [3.63, 3.8) is 0 Å². The summed E-state index contributed by atoms with van der Waals surface area (Å²) in [6.07, 6.45) is 4.82. The van der Waals surface area contributed by atoms with E-state index in [9.17, 15) is 0 Å². The minimum atomic E-state index is 0.468. The molecule has 9 heteroatoms. The normalized spacial score (nSPS) is 15.7. The van der Waals surface area contributed by atoms with Gasteiger partial charge in [0.15, 0.2) is 5.65 Å². The van der Waals surface area contributed by atoms with E-state index >= 15 is 0 Å². The summed E-state index contributed by atoms with van der Waals surface area (Å²) in [5.41, 5.74) is 5.02. The van der Waals surface area contributed by atoms with Crippen LogP contribution in [0.3, 0.4) is 0 Å². The number of benzene rings is 1. The van der Waals surface area contributed by atoms with Gasteiger partial charge in [-0.05, 0) is 71.7 Å². The number of pyridine rings is 1. The summed E-state index contributed by atoms with van der Waals surface area (Å²) >= 11 is 10.4. The van der Waals surface area contributed by atoms with E-state index in [1.165, 1.54) is 10.5 Å². The van der Waals surface area contributed by atoms with E-state index in [1.54, 1.807) is 11.8 Å². The van der Waals surface area contributed by atoms with Gasteiger partial charge in [0, 0.05) is 24.2 Å². The Morgan fingerprint density at radius 2 is 2.04 bits per heavy atom. The fourth-order valence-electron chi connectivity index (χ4n) is 3.56. The molecule has 3 heterocycles. The molecule has 3 aromatic rings. The first-order valence-corrected chi connectivity index (χ1v) is 14.7. The number of imidazole rings is 1. The molecule has 28 heavy (non-hydrogen) atoms. The van der Waals surface area contributed by atoms with E-state index in [0.717, 1.165) is 54.4 Å². The molecule has 0 saturated carbocycles. The number of ether oxygens (including phenoxy) is 1. The first-order chi connectivity index (χ1) is 13.6. The molecule has 1 saturated heterocycles. The molecule has 4 rings (SSSR count). The van der Waals surface area contributed by atoms with E-state index < -0.39 is 0 Å². The van der Waals surface area contributed by atoms with E-state index in [0.29, 0.717) is 17.4 Å². The topological polar surface area (TPSA) is 52.0 Å². The van der Waals surface area contributed by atoms with Gasteiger partial charge >= 0.3 is 0 Å². The Balaban J connectivity index is 1.71. The summed E-state index contributed by atoms with van der Waals surface area (Å²) in [4.78, 5) is 10.4. The zero-order valence-electron chi connectivity index (χ0n) is 15.6. The van der Waals surface area contributed by atoms with Crippen molar-refractivity contribution >= 4 is 74.3 Å². The quantitative estimate of drug-likeness (QED) is 0.170. The third-order valence-corrected chi connectivity index (χ3v) is 8.15. The number of halogens is 2. The maximum Gasteiger partial charge on any atom is 0.167 e. The SMILES string of the molecule is CSc1cc(C2CCOCC2)ccc1Nc1cc(Cl)nc2c1nc(C)n2PI. The van der Waals surface area contributed by atoms with Crippen molar-refractivity contribution in [3.8, 4) is 0 Å². The van der Waals surface area contributed by atoms with Gasteiger partial charge in [0.1, 0.15) is 16.5 Å². The molecule has 5 nitrogen and oxygen atoms in total. The molecule has 1 aliphatic heterocycles. The molecule has 2 aromatic heterocycles. The van der Waals surface area contributed by atoms with Gasteiger partial charge in [0.05, 0.1) is 17.7 Å². The Morgan fingerprint density at radius 3 is 2.75 bits per heavy atom. The number of anilines is 2. The van der Waals surface area contributed by atoms with Crippen LogP contribution in [0.1, 0.15) is 30.1 Å². The third kappa shape index (κ3) is 4.15. The van der Waals surface area contributed by atoms with Crippen molar-refractivity contribution in [2.75, 3.05) is 24.8 Å². The van der Waals surface area contributed by atoms with Crippen LogP contribution in [-0.2, 0) is 4.74 Å². The standard InChI is InChI=1S/C19H21ClIN4OPS/c1-11-22-18-15(10-17(20)24-19(18)25(11)27-21)23-14-4-3-13(9-16(14)28-2)12-5-7-26-8-6-12/h3-4,9-10,12,27H,5-8H2,1-2H3,(H,23,24). The molecule has 0 bridgehead atoms. The molecule has 0 spiro atoms. The Morgan fingerprint density at radius 1 is 1.25 bits per heavy atom. The molecular formula is C19H21ClIN4OPS. The van der Waals surface area contributed by atoms with Crippen LogP contribution in [-0.4, -0.2) is 33.8 Å². The minimum Gasteiger partial charge on any atom is -0.381 e. The second-order valence-electron chi connectivity index (χ2n) is 6.72. The summed E-state index contributed by atoms with van der Waals surface area (Å²) in [5.74, 6) is 1.53. The largest absolute Gasteiger partial charge is 0.381 e. The highest BCUT2D eigenvalue weighted by Gasteiger charge is 2.18. The van der Waals surface area contributed by atoms with Crippen molar-refractivity contribution in [3.05, 3.63) is 40.8 Å². The highest BCUT2D eigenvalue weighted by atomic mass is 127. The number of aryl methyl sites for hydroxylation is 1. The predicted molar refractivity (Wildman–Crippen MR) is 129 cm³/mol. The molecule has 1 unspecified atom stereocenters. The molecule has 0 amide bonds. The lowest BCUT2D eigenvalue weighted by Gasteiger charge is -2.23. The fraction of sp³-hybridized carbons (Fsp3) is 0.368. The maximum atomic E-state index is 6.32. The zero-order valence-corrected chi connectivity index (χ0v) is 20.4. The van der Waals surface area contributed by atoms with Crippen LogP contribution in [0.15, 0.2) is 29.2 Å². The number of fused-ring (bicyclic) bond motifs is 1. The van der Waals surface area contributed by atoms with E-state index in [4.69, 9.17) is 21.3 Å². The number of nitrogens with zero attached hydrogens (tertiary/aromatic N) is 3. The van der Waals surface area contributed by atoms with Gasteiger partial charge < -0.3 is 10.1 Å². The lowest BCUT2D eigenvalue weighted by Crippen LogP contribution is -2.14. The average Bonchev–Trinajstić information content (AvgIpc) is 3.04. The second-order valence-corrected chi connectivity index (χ2v) is 10.0. The second kappa shape index (κ2) is 9.04. The van der Waals surface area contributed by atoms with Crippen LogP contribution in [0.4, 0.5) is 11.4 Å². The fourth-order valence-corrected chi connectivity index (χ4v) is 6.49. The van der Waals surface area contributed by atoms with E-state index in [-0.39, 0.29) is 0 Å². The van der Waals surface area contributed by atoms with Crippen LogP contribution in [0, 0.1) is 6.92 Å². The lowest BCUT2D eigenvalue weighted by atomic mass is 9.91. The maximum absolute atomic E-state index is 6.32. The third-order valence-electron chi connectivity index (χ3n) is 5.02. The van der Waals surface area contributed by atoms with Crippen LogP contribution in [0.2, 0.25) is 5.15 Å². The molecule has 1 aliphatic rings. The van der Waals surface area contributed by atoms with Crippen molar-refractivity contribution in [2.45, 2.75) is 30.6 Å². The Bertz CT molecular complexity index is 1010. The number of nitrogens with one attached hydrogen (secondary N) is 1. The molecule has 148 valence electrons. The Hall–Kier alpha value is -0.600. The van der Waals surface area contributed by atoms with Crippen molar-refractivity contribution in [2.24, 2.45) is 0 Å². The molecule has 1 fully saturated rings. The average molecular weight is 547 g/mol. The van der Waals surface area contributed by atoms with Crippen molar-refractivity contribution < 1.29 is 4.74 Å². The van der Waals surface area contributed by atoms with Gasteiger partial charge in [-0.2, -0.15) is 0 Å². The van der Waals surface area contributed by atoms with Crippen LogP contribution < -0.4 is 5.32 Å². The van der Waals surface area contributed by atoms with Crippen LogP contribution in [0.25, 0.3) is 11.2 Å². The number of rotatable bonds is 5.